The molecule has 4 fully saturated rings. The van der Waals surface area contributed by atoms with Gasteiger partial charge in [-0.15, -0.1) is 0 Å². The van der Waals surface area contributed by atoms with Gasteiger partial charge in [0.25, 0.3) is 0 Å². The summed E-state index contributed by atoms with van der Waals surface area (Å²) >= 11 is 0. The summed E-state index contributed by atoms with van der Waals surface area (Å²) in [5, 5.41) is 24.7. The van der Waals surface area contributed by atoms with Crippen molar-refractivity contribution in [1.29, 1.82) is 0 Å². The molecule has 46 heavy (non-hydrogen) atoms. The normalized spacial score (nSPS) is 31.3. The van der Waals surface area contributed by atoms with Crippen LogP contribution in [0.2, 0.25) is 0 Å². The second kappa shape index (κ2) is 11.2. The number of ketones is 4. The molecule has 3 aliphatic carbocycles. The van der Waals surface area contributed by atoms with Gasteiger partial charge in [-0.1, -0.05) is 12.1 Å². The van der Waals surface area contributed by atoms with E-state index < -0.39 is 64.4 Å². The monoisotopic (exact) mass is 632 g/mol. The third-order valence-corrected chi connectivity index (χ3v) is 11.0. The van der Waals surface area contributed by atoms with Crippen molar-refractivity contribution in [2.75, 3.05) is 53.4 Å². The quantitative estimate of drug-likeness (QED) is 0.342. The molecule has 5 aliphatic rings. The Kier molecular flexibility index (Phi) is 7.54. The maximum absolute atomic E-state index is 14.4. The number of fused-ring (bicyclic) bond motifs is 4. The van der Waals surface area contributed by atoms with Gasteiger partial charge in [-0.2, -0.15) is 0 Å². The zero-order valence-corrected chi connectivity index (χ0v) is 26.2. The van der Waals surface area contributed by atoms with E-state index in [1.54, 1.807) is 14.1 Å². The standard InChI is InChI=1S/C34H40N4O8/c1-36(2)26-22-15-18-14-21-24(28(40)23(18)31(42)34(22,45)32(43)25(29(26)41)33(35)44)27(39)20-13-17(16-38-9-4-10-38)5-6-19(20)30(21)46-12-11-37-7-3-8-37/h5-6,13,18,22-23,25-26,39,45H,3-4,7-12,14-16H2,1-2H3,(H2,35,44). The Morgan fingerprint density at radius 1 is 1.04 bits per heavy atom. The first-order valence-electron chi connectivity index (χ1n) is 16.2. The lowest BCUT2D eigenvalue weighted by molar-refractivity contribution is -0.181. The first-order valence-corrected chi connectivity index (χ1v) is 16.2. The van der Waals surface area contributed by atoms with Crippen molar-refractivity contribution in [3.8, 4) is 11.5 Å². The fourth-order valence-electron chi connectivity index (χ4n) is 8.42. The molecule has 2 saturated carbocycles. The number of rotatable bonds is 8. The summed E-state index contributed by atoms with van der Waals surface area (Å²) in [6.45, 7) is 5.72. The van der Waals surface area contributed by atoms with E-state index in [1.807, 2.05) is 18.2 Å². The maximum atomic E-state index is 14.4. The van der Waals surface area contributed by atoms with Gasteiger partial charge in [-0.05, 0) is 83.5 Å². The molecule has 1 amide bonds. The molecule has 4 N–H and O–H groups in total. The molecule has 7 rings (SSSR count). The number of Topliss-reactive ketones (excluding diaryl/α,β-unsaturated/α-hetero) is 4. The van der Waals surface area contributed by atoms with Gasteiger partial charge in [-0.25, -0.2) is 0 Å². The van der Waals surface area contributed by atoms with Crippen LogP contribution in [-0.4, -0.2) is 119 Å². The number of phenols is 1. The Hall–Kier alpha value is -3.71. The molecule has 0 radical (unpaired) electrons. The number of nitrogens with two attached hydrogens (primary N) is 1. The van der Waals surface area contributed by atoms with E-state index in [0.29, 0.717) is 41.8 Å². The number of amides is 1. The van der Waals surface area contributed by atoms with E-state index in [4.69, 9.17) is 10.5 Å². The Morgan fingerprint density at radius 3 is 2.35 bits per heavy atom. The Balaban J connectivity index is 1.33. The molecule has 2 saturated heterocycles. The lowest BCUT2D eigenvalue weighted by Crippen LogP contribution is -2.74. The second-order valence-corrected chi connectivity index (χ2v) is 13.9. The topological polar surface area (TPSA) is 171 Å². The fourth-order valence-corrected chi connectivity index (χ4v) is 8.42. The molecule has 0 spiro atoms. The molecule has 244 valence electrons. The predicted octanol–water partition coefficient (Wildman–Crippen LogP) is 0.310. The van der Waals surface area contributed by atoms with Crippen LogP contribution in [0.5, 0.6) is 11.5 Å². The second-order valence-electron chi connectivity index (χ2n) is 13.9. The van der Waals surface area contributed by atoms with Gasteiger partial charge in [0.2, 0.25) is 5.91 Å². The van der Waals surface area contributed by atoms with Crippen LogP contribution >= 0.6 is 0 Å². The maximum Gasteiger partial charge on any atom is 0.235 e. The Morgan fingerprint density at radius 2 is 1.74 bits per heavy atom. The van der Waals surface area contributed by atoms with Crippen molar-refractivity contribution in [1.82, 2.24) is 14.7 Å². The van der Waals surface area contributed by atoms with Crippen LogP contribution in [0.1, 0.15) is 40.7 Å². The largest absolute Gasteiger partial charge is 0.507 e. The summed E-state index contributed by atoms with van der Waals surface area (Å²) in [6, 6.07) is 4.62. The minimum absolute atomic E-state index is 0.00924. The molecular weight excluding hydrogens is 592 g/mol. The van der Waals surface area contributed by atoms with Crippen molar-refractivity contribution in [2.45, 2.75) is 43.9 Å². The lowest BCUT2D eigenvalue weighted by Gasteiger charge is -2.52. The number of aromatic hydroxyl groups is 1. The van der Waals surface area contributed by atoms with E-state index in [0.717, 1.165) is 44.6 Å². The van der Waals surface area contributed by atoms with Crippen LogP contribution in [0.4, 0.5) is 0 Å². The average molecular weight is 633 g/mol. The minimum atomic E-state index is -2.76. The molecule has 0 aromatic heterocycles. The van der Waals surface area contributed by atoms with E-state index in [9.17, 15) is 34.2 Å². The number of primary amides is 1. The van der Waals surface area contributed by atoms with Crippen LogP contribution in [0, 0.1) is 23.7 Å². The summed E-state index contributed by atoms with van der Waals surface area (Å²) in [5.41, 5.74) is 4.08. The summed E-state index contributed by atoms with van der Waals surface area (Å²) in [6.07, 6.45) is 2.41. The zero-order chi connectivity index (χ0) is 32.7. The number of aliphatic hydroxyl groups is 1. The average Bonchev–Trinajstić information content (AvgIpc) is 2.95. The molecule has 2 heterocycles. The molecule has 6 atom stereocenters. The van der Waals surface area contributed by atoms with Crippen LogP contribution in [0.15, 0.2) is 18.2 Å². The van der Waals surface area contributed by atoms with Gasteiger partial charge in [0.1, 0.15) is 18.1 Å². The summed E-state index contributed by atoms with van der Waals surface area (Å²) in [4.78, 5) is 73.9. The van der Waals surface area contributed by atoms with Crippen molar-refractivity contribution in [3.05, 3.63) is 34.9 Å². The molecule has 12 nitrogen and oxygen atoms in total. The third kappa shape index (κ3) is 4.52. The SMILES string of the molecule is CN(C)C1C(=O)C(C(N)=O)C(=O)C2(O)C(=O)C3C(=O)c4c(c(OCCN5CCC5)c5ccc(CN6CCC6)cc5c4O)CC3CC12. The number of ether oxygens (including phenoxy) is 1. The Labute approximate surface area is 266 Å². The van der Waals surface area contributed by atoms with Gasteiger partial charge < -0.3 is 20.7 Å². The van der Waals surface area contributed by atoms with E-state index in [2.05, 4.69) is 9.80 Å². The number of hydrogen-bond donors (Lipinski definition) is 3. The fraction of sp³-hybridized carbons (Fsp3) is 0.559. The van der Waals surface area contributed by atoms with Crippen molar-refractivity contribution < 1.29 is 38.9 Å². The number of likely N-dealkylation sites (N-methyl/N-ethyl adjacent to an activating group) is 1. The number of phenolic OH excluding ortho intramolecular Hbond substituents is 1. The molecular formula is C34H40N4O8. The highest BCUT2D eigenvalue weighted by Crippen LogP contribution is 2.53. The molecule has 0 bridgehead atoms. The van der Waals surface area contributed by atoms with Gasteiger partial charge in [-0.3, -0.25) is 38.7 Å². The van der Waals surface area contributed by atoms with Crippen molar-refractivity contribution in [2.24, 2.45) is 29.4 Å². The smallest absolute Gasteiger partial charge is 0.235 e. The third-order valence-electron chi connectivity index (χ3n) is 11.0. The highest BCUT2D eigenvalue weighted by molar-refractivity contribution is 6.32. The number of nitrogens with zero attached hydrogens (tertiary/aromatic N) is 3. The molecule has 2 aromatic rings. The predicted molar refractivity (Wildman–Crippen MR) is 165 cm³/mol. The number of likely N-dealkylation sites (tertiary alicyclic amines) is 2. The highest BCUT2D eigenvalue weighted by Gasteiger charge is 2.69. The van der Waals surface area contributed by atoms with Crippen LogP contribution in [0.3, 0.4) is 0 Å². The van der Waals surface area contributed by atoms with Crippen LogP contribution in [-0.2, 0) is 32.1 Å². The lowest BCUT2D eigenvalue weighted by atomic mass is 9.52. The first kappa shape index (κ1) is 30.9. The van der Waals surface area contributed by atoms with Crippen LogP contribution < -0.4 is 10.5 Å². The van der Waals surface area contributed by atoms with E-state index in [-0.39, 0.29) is 24.2 Å². The highest BCUT2D eigenvalue weighted by atomic mass is 16.5. The van der Waals surface area contributed by atoms with Crippen LogP contribution in [0.25, 0.3) is 10.8 Å². The Bertz CT molecular complexity index is 1680. The number of benzene rings is 2. The van der Waals surface area contributed by atoms with E-state index in [1.165, 1.54) is 4.90 Å². The minimum Gasteiger partial charge on any atom is -0.507 e. The zero-order valence-electron chi connectivity index (χ0n) is 26.2. The first-order chi connectivity index (χ1) is 21.9. The van der Waals surface area contributed by atoms with Crippen molar-refractivity contribution in [3.63, 3.8) is 0 Å². The van der Waals surface area contributed by atoms with Gasteiger partial charge in [0, 0.05) is 35.3 Å². The summed E-state index contributed by atoms with van der Waals surface area (Å²) in [7, 11) is 3.14. The van der Waals surface area contributed by atoms with Gasteiger partial charge in [0.05, 0.1) is 17.5 Å². The van der Waals surface area contributed by atoms with Gasteiger partial charge in [0.15, 0.2) is 34.7 Å². The van der Waals surface area contributed by atoms with Crippen molar-refractivity contribution >= 4 is 39.8 Å². The molecule has 12 heteroatoms. The van der Waals surface area contributed by atoms with Gasteiger partial charge >= 0.3 is 0 Å². The number of carbonyl (C=O) groups excluding carboxylic acids is 5. The number of carbonyl (C=O) groups is 5. The molecule has 2 aliphatic heterocycles. The molecule has 2 aromatic carbocycles. The summed E-state index contributed by atoms with van der Waals surface area (Å²) in [5.74, 6) is -10.1. The summed E-state index contributed by atoms with van der Waals surface area (Å²) < 4.78 is 6.43. The molecule has 6 unspecified atom stereocenters. The number of hydrogen-bond acceptors (Lipinski definition) is 11. The van der Waals surface area contributed by atoms with E-state index >= 15 is 0 Å².